The average molecular weight is 518 g/mol. The van der Waals surface area contributed by atoms with Crippen molar-refractivity contribution in [1.82, 2.24) is 4.90 Å². The number of carbonyl (C=O) groups is 2. The molecule has 0 bridgehead atoms. The van der Waals surface area contributed by atoms with Crippen LogP contribution in [-0.2, 0) is 27.6 Å². The Balaban J connectivity index is 1.53. The van der Waals surface area contributed by atoms with Gasteiger partial charge < -0.3 is 10.0 Å². The molecule has 3 saturated carbocycles. The number of carboxylic acids is 1. The molecule has 4 aliphatic rings. The Hall–Kier alpha value is -2.31. The molecule has 3 unspecified atom stereocenters. The minimum Gasteiger partial charge on any atom is -0.481 e. The maximum atomic E-state index is 14.2. The molecule has 37 heavy (non-hydrogen) atoms. The maximum absolute atomic E-state index is 14.2. The first-order valence-corrected chi connectivity index (χ1v) is 13.4. The smallest absolute Gasteiger partial charge is 0.416 e. The van der Waals surface area contributed by atoms with Crippen LogP contribution in [0.4, 0.5) is 13.2 Å². The van der Waals surface area contributed by atoms with Crippen LogP contribution >= 0.6 is 0 Å². The van der Waals surface area contributed by atoms with E-state index in [1.165, 1.54) is 6.07 Å². The quantitative estimate of drug-likeness (QED) is 0.437. The number of carboxylic acid groups (broad SMARTS) is 1. The zero-order valence-electron chi connectivity index (χ0n) is 22.7. The van der Waals surface area contributed by atoms with Gasteiger partial charge in [-0.25, -0.2) is 0 Å². The van der Waals surface area contributed by atoms with Gasteiger partial charge in [-0.1, -0.05) is 53.7 Å². The number of benzene rings is 1. The van der Waals surface area contributed by atoms with Crippen LogP contribution in [0.3, 0.4) is 0 Å². The SMILES string of the molecule is CC(C)C1=CN(C23CCC4(C(=O)O)CC42C3)C(=O)C[C@@]1(C)c1ccc(CCC(C)(C)C)c(C(F)(F)F)c1. The van der Waals surface area contributed by atoms with Gasteiger partial charge in [0.2, 0.25) is 5.91 Å². The number of aryl methyl sites for hydroxylation is 1. The third-order valence-electron chi connectivity index (χ3n) is 10.1. The Labute approximate surface area is 217 Å². The molecule has 1 spiro atoms. The van der Waals surface area contributed by atoms with E-state index < -0.39 is 34.1 Å². The highest BCUT2D eigenvalue weighted by atomic mass is 19.4. The number of rotatable bonds is 6. The monoisotopic (exact) mass is 517 g/mol. The Morgan fingerprint density at radius 2 is 1.81 bits per heavy atom. The molecule has 0 saturated heterocycles. The topological polar surface area (TPSA) is 57.6 Å². The van der Waals surface area contributed by atoms with Gasteiger partial charge in [0.15, 0.2) is 0 Å². The molecule has 4 nitrogen and oxygen atoms in total. The number of allylic oxidation sites excluding steroid dienone is 1. The Morgan fingerprint density at radius 3 is 2.30 bits per heavy atom. The molecular formula is C30H38F3NO3. The first-order valence-electron chi connectivity index (χ1n) is 13.4. The fourth-order valence-electron chi connectivity index (χ4n) is 7.84. The van der Waals surface area contributed by atoms with Crippen molar-refractivity contribution in [2.75, 3.05) is 0 Å². The summed E-state index contributed by atoms with van der Waals surface area (Å²) in [6.45, 7) is 12.0. The summed E-state index contributed by atoms with van der Waals surface area (Å²) < 4.78 is 42.6. The summed E-state index contributed by atoms with van der Waals surface area (Å²) in [6.07, 6.45) is 1.02. The van der Waals surface area contributed by atoms with Crippen LogP contribution in [-0.4, -0.2) is 27.4 Å². The molecule has 0 aromatic heterocycles. The van der Waals surface area contributed by atoms with Gasteiger partial charge in [0, 0.05) is 23.5 Å². The lowest BCUT2D eigenvalue weighted by atomic mass is 9.67. The molecule has 5 rings (SSSR count). The van der Waals surface area contributed by atoms with Crippen LogP contribution in [0.5, 0.6) is 0 Å². The van der Waals surface area contributed by atoms with Crippen molar-refractivity contribution < 1.29 is 27.9 Å². The predicted octanol–water partition coefficient (Wildman–Crippen LogP) is 7.11. The number of halogens is 3. The Morgan fingerprint density at radius 1 is 1.14 bits per heavy atom. The fourth-order valence-corrected chi connectivity index (χ4v) is 7.84. The zero-order valence-corrected chi connectivity index (χ0v) is 22.7. The van der Waals surface area contributed by atoms with E-state index in [2.05, 4.69) is 0 Å². The molecule has 7 heteroatoms. The zero-order chi connectivity index (χ0) is 27.4. The summed E-state index contributed by atoms with van der Waals surface area (Å²) >= 11 is 0. The molecule has 1 N–H and O–H groups in total. The molecule has 1 aromatic rings. The molecule has 3 aliphatic carbocycles. The molecule has 4 atom stereocenters. The maximum Gasteiger partial charge on any atom is 0.416 e. The summed E-state index contributed by atoms with van der Waals surface area (Å²) in [7, 11) is 0. The Bertz CT molecular complexity index is 1200. The van der Waals surface area contributed by atoms with E-state index in [9.17, 15) is 27.9 Å². The number of hydrogen-bond donors (Lipinski definition) is 1. The number of nitrogens with zero attached hydrogens (tertiary/aromatic N) is 1. The lowest BCUT2D eigenvalue weighted by Crippen LogP contribution is -2.48. The lowest BCUT2D eigenvalue weighted by Gasteiger charge is -2.44. The largest absolute Gasteiger partial charge is 0.481 e. The van der Waals surface area contributed by atoms with Gasteiger partial charge >= 0.3 is 12.1 Å². The summed E-state index contributed by atoms with van der Waals surface area (Å²) in [5.41, 5.74) is -1.32. The average Bonchev–Trinajstić information content (AvgIpc) is 3.62. The van der Waals surface area contributed by atoms with Gasteiger partial charge in [0.05, 0.1) is 16.5 Å². The molecule has 1 amide bonds. The lowest BCUT2D eigenvalue weighted by molar-refractivity contribution is -0.144. The number of hydrogen-bond acceptors (Lipinski definition) is 2. The summed E-state index contributed by atoms with van der Waals surface area (Å²) in [5.74, 6) is -0.880. The van der Waals surface area contributed by atoms with Crippen molar-refractivity contribution in [3.05, 3.63) is 46.7 Å². The van der Waals surface area contributed by atoms with Crippen molar-refractivity contribution >= 4 is 11.9 Å². The second-order valence-corrected chi connectivity index (χ2v) is 13.8. The van der Waals surface area contributed by atoms with Gasteiger partial charge in [0.25, 0.3) is 0 Å². The molecule has 0 radical (unpaired) electrons. The number of aliphatic carboxylic acids is 1. The highest BCUT2D eigenvalue weighted by Crippen LogP contribution is 2.92. The molecular weight excluding hydrogens is 479 g/mol. The van der Waals surface area contributed by atoms with Gasteiger partial charge in [-0.2, -0.15) is 13.2 Å². The van der Waals surface area contributed by atoms with Crippen molar-refractivity contribution in [3.8, 4) is 0 Å². The van der Waals surface area contributed by atoms with Crippen molar-refractivity contribution in [1.29, 1.82) is 0 Å². The molecule has 1 aromatic carbocycles. The van der Waals surface area contributed by atoms with Crippen molar-refractivity contribution in [2.45, 2.75) is 104 Å². The molecule has 202 valence electrons. The van der Waals surface area contributed by atoms with E-state index in [0.29, 0.717) is 44.1 Å². The fraction of sp³-hybridized carbons (Fsp3) is 0.667. The van der Waals surface area contributed by atoms with Crippen LogP contribution in [0.1, 0.15) is 96.8 Å². The summed E-state index contributed by atoms with van der Waals surface area (Å²) in [5, 5.41) is 9.84. The van der Waals surface area contributed by atoms with Gasteiger partial charge in [-0.15, -0.1) is 0 Å². The van der Waals surface area contributed by atoms with E-state index in [4.69, 9.17) is 0 Å². The van der Waals surface area contributed by atoms with Crippen LogP contribution < -0.4 is 0 Å². The van der Waals surface area contributed by atoms with E-state index in [-0.39, 0.29) is 34.6 Å². The third kappa shape index (κ3) is 3.62. The van der Waals surface area contributed by atoms with E-state index in [0.717, 1.165) is 5.57 Å². The van der Waals surface area contributed by atoms with Crippen LogP contribution in [0.15, 0.2) is 30.0 Å². The molecule has 1 aliphatic heterocycles. The summed E-state index contributed by atoms with van der Waals surface area (Å²) in [4.78, 5) is 27.5. The normalized spacial score (nSPS) is 34.8. The van der Waals surface area contributed by atoms with E-state index >= 15 is 0 Å². The van der Waals surface area contributed by atoms with E-state index in [1.54, 1.807) is 17.0 Å². The van der Waals surface area contributed by atoms with Gasteiger partial charge in [0.1, 0.15) is 0 Å². The summed E-state index contributed by atoms with van der Waals surface area (Å²) in [6, 6.07) is 4.63. The van der Waals surface area contributed by atoms with Crippen molar-refractivity contribution in [3.63, 3.8) is 0 Å². The first-order chi connectivity index (χ1) is 16.9. The second kappa shape index (κ2) is 7.63. The Kier molecular flexibility index (Phi) is 5.42. The van der Waals surface area contributed by atoms with E-state index in [1.807, 2.05) is 47.7 Å². The standard InChI is InChI=1S/C30H38F3NO3/c1-18(2)22-15-34(29-12-11-27(24(36)37)16-28(27,29)17-29)23(35)14-26(22,6)20-8-7-19(9-10-25(3,4)5)21(13-20)30(31,32)33/h7-8,13,15,18H,9-12,14,16-17H2,1-6H3,(H,36,37)/t26-,27?,28?,29?/m0/s1. The third-order valence-corrected chi connectivity index (χ3v) is 10.1. The first kappa shape index (κ1) is 26.3. The number of amides is 1. The molecule has 1 heterocycles. The van der Waals surface area contributed by atoms with Crippen molar-refractivity contribution in [2.24, 2.45) is 22.2 Å². The van der Waals surface area contributed by atoms with Gasteiger partial charge in [-0.3, -0.25) is 9.59 Å². The second-order valence-electron chi connectivity index (χ2n) is 13.8. The minimum absolute atomic E-state index is 0.00596. The molecule has 3 fully saturated rings. The predicted molar refractivity (Wildman–Crippen MR) is 135 cm³/mol. The van der Waals surface area contributed by atoms with Crippen LogP contribution in [0.25, 0.3) is 0 Å². The number of alkyl halides is 3. The van der Waals surface area contributed by atoms with Crippen LogP contribution in [0.2, 0.25) is 0 Å². The highest BCUT2D eigenvalue weighted by Gasteiger charge is 2.95. The minimum atomic E-state index is -4.48. The van der Waals surface area contributed by atoms with Crippen LogP contribution in [0, 0.1) is 22.2 Å². The number of carbonyl (C=O) groups excluding carboxylic acids is 1. The van der Waals surface area contributed by atoms with Gasteiger partial charge in [-0.05, 0) is 72.6 Å². The highest BCUT2D eigenvalue weighted by molar-refractivity contribution is 5.88.